The molecular formula is C15H17Br2N3O. The van der Waals surface area contributed by atoms with Gasteiger partial charge in [0.1, 0.15) is 0 Å². The maximum absolute atomic E-state index is 12.5. The first-order valence-corrected chi connectivity index (χ1v) is 8.22. The topological polar surface area (TPSA) is 46.9 Å². The lowest BCUT2D eigenvalue weighted by molar-refractivity contribution is 0.102. The molecule has 2 rings (SSSR count). The van der Waals surface area contributed by atoms with E-state index in [1.165, 1.54) is 0 Å². The summed E-state index contributed by atoms with van der Waals surface area (Å²) < 4.78 is 3.54. The summed E-state index contributed by atoms with van der Waals surface area (Å²) in [5.74, 6) is -0.155. The van der Waals surface area contributed by atoms with E-state index in [0.717, 1.165) is 26.0 Å². The van der Waals surface area contributed by atoms with E-state index in [9.17, 15) is 4.79 Å². The lowest BCUT2D eigenvalue weighted by Crippen LogP contribution is -2.14. The molecule has 2 aromatic rings. The number of aromatic nitrogens is 2. The summed E-state index contributed by atoms with van der Waals surface area (Å²) in [6.07, 6.45) is 0. The van der Waals surface area contributed by atoms with E-state index >= 15 is 0 Å². The number of carbonyl (C=O) groups is 1. The molecule has 1 aromatic heterocycles. The van der Waals surface area contributed by atoms with Gasteiger partial charge in [0.05, 0.1) is 22.6 Å². The molecule has 0 aliphatic rings. The summed E-state index contributed by atoms with van der Waals surface area (Å²) in [4.78, 5) is 12.5. The Kier molecular flexibility index (Phi) is 4.88. The van der Waals surface area contributed by atoms with Crippen molar-refractivity contribution in [2.75, 3.05) is 5.32 Å². The minimum Gasteiger partial charge on any atom is -0.319 e. The molecule has 0 atom stereocenters. The second-order valence-electron chi connectivity index (χ2n) is 5.16. The van der Waals surface area contributed by atoms with E-state index in [1.54, 1.807) is 6.07 Å². The zero-order chi connectivity index (χ0) is 15.7. The van der Waals surface area contributed by atoms with Crippen molar-refractivity contribution >= 4 is 43.5 Å². The van der Waals surface area contributed by atoms with E-state index < -0.39 is 0 Å². The SMILES string of the molecule is Cc1nn(C(C)C)c(C)c1NC(=O)c1cc(Br)ccc1Br. The number of aryl methyl sites for hydroxylation is 1. The smallest absolute Gasteiger partial charge is 0.256 e. The average Bonchev–Trinajstić information content (AvgIpc) is 2.69. The van der Waals surface area contributed by atoms with Crippen LogP contribution in [0.25, 0.3) is 0 Å². The maximum Gasteiger partial charge on any atom is 0.256 e. The van der Waals surface area contributed by atoms with Gasteiger partial charge >= 0.3 is 0 Å². The average molecular weight is 415 g/mol. The number of nitrogens with one attached hydrogen (secondary N) is 1. The van der Waals surface area contributed by atoms with Crippen molar-refractivity contribution < 1.29 is 4.79 Å². The second-order valence-corrected chi connectivity index (χ2v) is 6.93. The van der Waals surface area contributed by atoms with Gasteiger partial charge in [0.15, 0.2) is 0 Å². The van der Waals surface area contributed by atoms with Crippen LogP contribution in [0.2, 0.25) is 0 Å². The fourth-order valence-electron chi connectivity index (χ4n) is 2.20. The zero-order valence-corrected chi connectivity index (χ0v) is 15.5. The number of hydrogen-bond donors (Lipinski definition) is 1. The predicted molar refractivity (Wildman–Crippen MR) is 91.9 cm³/mol. The highest BCUT2D eigenvalue weighted by Crippen LogP contribution is 2.26. The van der Waals surface area contributed by atoms with Crippen molar-refractivity contribution in [1.82, 2.24) is 9.78 Å². The lowest BCUT2D eigenvalue weighted by atomic mass is 10.2. The van der Waals surface area contributed by atoms with Crippen LogP contribution in [-0.2, 0) is 0 Å². The van der Waals surface area contributed by atoms with Gasteiger partial charge in [0.2, 0.25) is 0 Å². The number of benzene rings is 1. The summed E-state index contributed by atoms with van der Waals surface area (Å²) in [5.41, 5.74) is 3.14. The molecule has 1 amide bonds. The molecule has 112 valence electrons. The Morgan fingerprint density at radius 1 is 1.29 bits per heavy atom. The molecule has 0 aliphatic heterocycles. The number of anilines is 1. The Labute approximate surface area is 141 Å². The molecule has 0 saturated heterocycles. The van der Waals surface area contributed by atoms with Crippen LogP contribution in [0, 0.1) is 13.8 Å². The molecule has 0 aliphatic carbocycles. The Balaban J connectivity index is 2.34. The Hall–Kier alpha value is -1.14. The highest BCUT2D eigenvalue weighted by atomic mass is 79.9. The third-order valence-electron chi connectivity index (χ3n) is 3.23. The first-order valence-electron chi connectivity index (χ1n) is 6.63. The minimum absolute atomic E-state index is 0.155. The van der Waals surface area contributed by atoms with Gasteiger partial charge in [0, 0.05) is 15.0 Å². The van der Waals surface area contributed by atoms with E-state index in [-0.39, 0.29) is 11.9 Å². The summed E-state index contributed by atoms with van der Waals surface area (Å²) in [6, 6.07) is 5.77. The number of rotatable bonds is 3. The summed E-state index contributed by atoms with van der Waals surface area (Å²) >= 11 is 6.79. The molecule has 1 aromatic carbocycles. The molecule has 0 radical (unpaired) electrons. The molecule has 0 spiro atoms. The Morgan fingerprint density at radius 2 is 1.95 bits per heavy atom. The summed E-state index contributed by atoms with van der Waals surface area (Å²) in [7, 11) is 0. The predicted octanol–water partition coefficient (Wildman–Crippen LogP) is 4.86. The van der Waals surface area contributed by atoms with Gasteiger partial charge in [-0.25, -0.2) is 0 Å². The third kappa shape index (κ3) is 3.37. The van der Waals surface area contributed by atoms with Crippen LogP contribution in [0.5, 0.6) is 0 Å². The number of hydrogen-bond acceptors (Lipinski definition) is 2. The molecule has 6 heteroatoms. The Morgan fingerprint density at radius 3 is 2.52 bits per heavy atom. The van der Waals surface area contributed by atoms with Gasteiger partial charge in [-0.3, -0.25) is 9.48 Å². The third-order valence-corrected chi connectivity index (χ3v) is 4.41. The van der Waals surface area contributed by atoms with Crippen molar-refractivity contribution in [1.29, 1.82) is 0 Å². The molecule has 0 saturated carbocycles. The number of carbonyl (C=O) groups excluding carboxylic acids is 1. The highest BCUT2D eigenvalue weighted by molar-refractivity contribution is 9.11. The standard InChI is InChI=1S/C15H17Br2N3O/c1-8(2)20-10(4)14(9(3)19-20)18-15(21)12-7-11(16)5-6-13(12)17/h5-8H,1-4H3,(H,18,21). The first kappa shape index (κ1) is 16.2. The van der Waals surface area contributed by atoms with Crippen molar-refractivity contribution in [3.63, 3.8) is 0 Å². The second kappa shape index (κ2) is 6.32. The van der Waals surface area contributed by atoms with Crippen molar-refractivity contribution in [2.24, 2.45) is 0 Å². The molecule has 0 bridgehead atoms. The van der Waals surface area contributed by atoms with Gasteiger partial charge in [-0.2, -0.15) is 5.10 Å². The quantitative estimate of drug-likeness (QED) is 0.779. The highest BCUT2D eigenvalue weighted by Gasteiger charge is 2.18. The van der Waals surface area contributed by atoms with Crippen LogP contribution in [0.4, 0.5) is 5.69 Å². The number of amides is 1. The maximum atomic E-state index is 12.5. The molecule has 21 heavy (non-hydrogen) atoms. The molecule has 0 unspecified atom stereocenters. The van der Waals surface area contributed by atoms with Crippen LogP contribution in [-0.4, -0.2) is 15.7 Å². The minimum atomic E-state index is -0.155. The van der Waals surface area contributed by atoms with E-state index in [4.69, 9.17) is 0 Å². The van der Waals surface area contributed by atoms with E-state index in [1.807, 2.05) is 30.7 Å². The van der Waals surface area contributed by atoms with Crippen LogP contribution in [0.3, 0.4) is 0 Å². The summed E-state index contributed by atoms with van der Waals surface area (Å²) in [5, 5.41) is 7.44. The van der Waals surface area contributed by atoms with Gasteiger partial charge in [-0.05, 0) is 61.8 Å². The molecule has 0 fully saturated rings. The number of nitrogens with zero attached hydrogens (tertiary/aromatic N) is 2. The fourth-order valence-corrected chi connectivity index (χ4v) is 2.99. The van der Waals surface area contributed by atoms with E-state index in [0.29, 0.717) is 5.56 Å². The van der Waals surface area contributed by atoms with Crippen molar-refractivity contribution in [3.05, 3.63) is 44.1 Å². The Bertz CT molecular complexity index is 692. The van der Waals surface area contributed by atoms with Gasteiger partial charge in [-0.15, -0.1) is 0 Å². The van der Waals surface area contributed by atoms with Crippen LogP contribution >= 0.6 is 31.9 Å². The van der Waals surface area contributed by atoms with Crippen molar-refractivity contribution in [3.8, 4) is 0 Å². The number of halogens is 2. The zero-order valence-electron chi connectivity index (χ0n) is 12.4. The van der Waals surface area contributed by atoms with Crippen LogP contribution in [0.15, 0.2) is 27.1 Å². The molecule has 1 heterocycles. The van der Waals surface area contributed by atoms with Gasteiger partial charge in [-0.1, -0.05) is 15.9 Å². The first-order chi connectivity index (χ1) is 9.81. The van der Waals surface area contributed by atoms with Crippen LogP contribution < -0.4 is 5.32 Å². The normalized spacial score (nSPS) is 11.0. The molecule has 4 nitrogen and oxygen atoms in total. The molecular weight excluding hydrogens is 398 g/mol. The summed E-state index contributed by atoms with van der Waals surface area (Å²) in [6.45, 7) is 7.99. The molecule has 1 N–H and O–H groups in total. The largest absolute Gasteiger partial charge is 0.319 e. The lowest BCUT2D eigenvalue weighted by Gasteiger charge is -2.10. The van der Waals surface area contributed by atoms with E-state index in [2.05, 4.69) is 56.1 Å². The van der Waals surface area contributed by atoms with Crippen LogP contribution in [0.1, 0.15) is 41.6 Å². The fraction of sp³-hybridized carbons (Fsp3) is 0.333. The van der Waals surface area contributed by atoms with Crippen molar-refractivity contribution in [2.45, 2.75) is 33.7 Å². The van der Waals surface area contributed by atoms with Gasteiger partial charge in [0.25, 0.3) is 5.91 Å². The van der Waals surface area contributed by atoms with Gasteiger partial charge < -0.3 is 5.32 Å². The monoisotopic (exact) mass is 413 g/mol.